The van der Waals surface area contributed by atoms with Gasteiger partial charge >= 0.3 is 6.18 Å². The van der Waals surface area contributed by atoms with Gasteiger partial charge in [0, 0.05) is 49.7 Å². The van der Waals surface area contributed by atoms with Gasteiger partial charge in [0.05, 0.1) is 11.7 Å². The van der Waals surface area contributed by atoms with E-state index in [9.17, 15) is 36.3 Å². The Morgan fingerprint density at radius 1 is 1.08 bits per heavy atom. The third kappa shape index (κ3) is 8.60. The van der Waals surface area contributed by atoms with Crippen molar-refractivity contribution in [2.24, 2.45) is 0 Å². The number of amides is 3. The summed E-state index contributed by atoms with van der Waals surface area (Å²) in [4.78, 5) is 46.5. The first kappa shape index (κ1) is 34.5. The first-order valence-electron chi connectivity index (χ1n) is 15.7. The maximum atomic E-state index is 14.0. The molecule has 6 rings (SSSR count). The summed E-state index contributed by atoms with van der Waals surface area (Å²) in [7, 11) is 0. The molecule has 264 valence electrons. The number of aromatic nitrogens is 4. The smallest absolute Gasteiger partial charge is 0.405 e. The lowest BCUT2D eigenvalue weighted by Crippen LogP contribution is -2.47. The Balaban J connectivity index is 1.03. The molecule has 2 aliphatic heterocycles. The fourth-order valence-electron chi connectivity index (χ4n) is 5.74. The number of halogens is 5. The van der Waals surface area contributed by atoms with Gasteiger partial charge in [-0.1, -0.05) is 12.1 Å². The van der Waals surface area contributed by atoms with Crippen molar-refractivity contribution in [2.45, 2.75) is 56.9 Å². The molecule has 2 fully saturated rings. The molecule has 1 aromatic carbocycles. The number of pyridine rings is 1. The summed E-state index contributed by atoms with van der Waals surface area (Å²) in [5.41, 5.74) is 1.07. The van der Waals surface area contributed by atoms with Crippen molar-refractivity contribution in [3.05, 3.63) is 72.0 Å². The minimum absolute atomic E-state index is 0.0796. The zero-order chi connectivity index (χ0) is 35.4. The molecule has 18 heteroatoms. The van der Waals surface area contributed by atoms with Gasteiger partial charge < -0.3 is 20.4 Å². The number of likely N-dealkylation sites (tertiary alicyclic amines) is 1. The number of oxazole rings is 1. The van der Waals surface area contributed by atoms with Crippen LogP contribution in [0, 0.1) is 0 Å². The predicted octanol–water partition coefficient (Wildman–Crippen LogP) is 5.15. The van der Waals surface area contributed by atoms with E-state index in [1.165, 1.54) is 29.2 Å². The van der Waals surface area contributed by atoms with Gasteiger partial charge in [0.1, 0.15) is 24.7 Å². The van der Waals surface area contributed by atoms with E-state index in [-0.39, 0.29) is 52.9 Å². The molecule has 0 radical (unpaired) electrons. The Bertz CT molecular complexity index is 1840. The number of carbonyl (C=O) groups is 3. The van der Waals surface area contributed by atoms with E-state index >= 15 is 0 Å². The second-order valence-electron chi connectivity index (χ2n) is 12.0. The molecule has 50 heavy (non-hydrogen) atoms. The van der Waals surface area contributed by atoms with Crippen LogP contribution in [-0.4, -0.2) is 74.2 Å². The summed E-state index contributed by atoms with van der Waals surface area (Å²) in [5, 5.41) is 14.1. The van der Waals surface area contributed by atoms with E-state index in [0.29, 0.717) is 38.9 Å². The molecule has 0 bridgehead atoms. The van der Waals surface area contributed by atoms with Gasteiger partial charge in [0.25, 0.3) is 12.3 Å². The molecule has 5 heterocycles. The van der Waals surface area contributed by atoms with Gasteiger partial charge in [-0.2, -0.15) is 18.3 Å². The molecular weight excluding hydrogens is 669 g/mol. The molecule has 13 nitrogen and oxygen atoms in total. The highest BCUT2D eigenvalue weighted by Gasteiger charge is 2.29. The van der Waals surface area contributed by atoms with Crippen LogP contribution < -0.4 is 21.3 Å². The Morgan fingerprint density at radius 2 is 1.84 bits per heavy atom. The lowest BCUT2D eigenvalue weighted by atomic mass is 10.0. The number of hydrogen-bond acceptors (Lipinski definition) is 10. The van der Waals surface area contributed by atoms with E-state index in [0.717, 1.165) is 17.5 Å². The topological polar surface area (TPSA) is 159 Å². The van der Waals surface area contributed by atoms with Crippen molar-refractivity contribution in [1.82, 2.24) is 30.0 Å². The summed E-state index contributed by atoms with van der Waals surface area (Å²) in [6.07, 6.45) is -1.81. The molecule has 3 aromatic heterocycles. The third-order valence-corrected chi connectivity index (χ3v) is 8.30. The Labute approximate surface area is 281 Å². The highest BCUT2D eigenvalue weighted by molar-refractivity contribution is 6.03. The molecule has 3 amide bonds. The fraction of sp³-hybridized carbons (Fsp3) is 0.375. The highest BCUT2D eigenvalue weighted by Crippen LogP contribution is 2.31. The average molecular weight is 702 g/mol. The van der Waals surface area contributed by atoms with Crippen LogP contribution in [0.25, 0.3) is 11.5 Å². The Hall–Kier alpha value is -5.39. The van der Waals surface area contributed by atoms with Crippen LogP contribution >= 0.6 is 0 Å². The molecule has 2 aliphatic rings. The van der Waals surface area contributed by atoms with Crippen LogP contribution in [0.3, 0.4) is 0 Å². The van der Waals surface area contributed by atoms with Crippen molar-refractivity contribution >= 4 is 34.9 Å². The van der Waals surface area contributed by atoms with Crippen LogP contribution in [0.15, 0.2) is 59.5 Å². The number of imide groups is 1. The van der Waals surface area contributed by atoms with Gasteiger partial charge in [0.2, 0.25) is 17.7 Å². The summed E-state index contributed by atoms with van der Waals surface area (Å²) >= 11 is 0. The second kappa shape index (κ2) is 14.6. The summed E-state index contributed by atoms with van der Waals surface area (Å²) in [5.74, 6) is -1.61. The monoisotopic (exact) mass is 701 g/mol. The maximum Gasteiger partial charge on any atom is 0.405 e. The molecule has 0 aliphatic carbocycles. The van der Waals surface area contributed by atoms with E-state index in [2.05, 4.69) is 41.2 Å². The summed E-state index contributed by atoms with van der Waals surface area (Å²) in [6.45, 7) is 0.720. The molecule has 4 aromatic rings. The van der Waals surface area contributed by atoms with Gasteiger partial charge in [0.15, 0.2) is 11.4 Å². The number of carbonyl (C=O) groups excluding carboxylic acids is 3. The van der Waals surface area contributed by atoms with Crippen molar-refractivity contribution in [3.63, 3.8) is 0 Å². The molecule has 0 saturated carbocycles. The molecule has 1 atom stereocenters. The largest absolute Gasteiger partial charge is 0.444 e. The number of nitrogens with one attached hydrogen (secondary N) is 4. The SMILES string of the molecule is O=C1CCC(Nc2ccc(CN3CCC(n4cc(NC(=O)c5coc(-c6ccnc(NCC(F)(F)F)c6)n5)c(C(F)F)n4)CC3)cc2)C(=O)N1. The molecule has 0 spiro atoms. The number of benzene rings is 1. The van der Waals surface area contributed by atoms with Gasteiger partial charge in [-0.25, -0.2) is 18.7 Å². The van der Waals surface area contributed by atoms with Crippen LogP contribution in [0.1, 0.15) is 59.9 Å². The van der Waals surface area contributed by atoms with Crippen molar-refractivity contribution < 1.29 is 40.8 Å². The number of alkyl halides is 5. The minimum atomic E-state index is -4.45. The number of hydrogen-bond donors (Lipinski definition) is 4. The minimum Gasteiger partial charge on any atom is -0.444 e. The highest BCUT2D eigenvalue weighted by atomic mass is 19.4. The average Bonchev–Trinajstić information content (AvgIpc) is 3.75. The molecule has 4 N–H and O–H groups in total. The van der Waals surface area contributed by atoms with Gasteiger partial charge in [-0.3, -0.25) is 29.3 Å². The lowest BCUT2D eigenvalue weighted by Gasteiger charge is -2.32. The standard InChI is InChI=1S/C32H32F5N9O4/c33-28(34)27-23(41-30(49)24-16-50-31(42-24)19-7-10-38-25(13-19)39-17-32(35,36)37)15-46(44-27)21-8-11-45(12-9-21)14-18-1-3-20(4-2-18)40-22-5-6-26(47)43-29(22)48/h1-4,7,10,13,15-16,21-22,28,40H,5-6,8-9,11-12,14,17H2,(H,38,39)(H,41,49)(H,43,47,48). The number of piperidine rings is 2. The third-order valence-electron chi connectivity index (χ3n) is 8.30. The van der Waals surface area contributed by atoms with Crippen LogP contribution in [0.4, 0.5) is 39.1 Å². The summed E-state index contributed by atoms with van der Waals surface area (Å²) < 4.78 is 72.4. The predicted molar refractivity (Wildman–Crippen MR) is 169 cm³/mol. The maximum absolute atomic E-state index is 14.0. The van der Waals surface area contributed by atoms with Crippen molar-refractivity contribution in [2.75, 3.05) is 35.6 Å². The Kier molecular flexibility index (Phi) is 10.1. The number of anilines is 3. The summed E-state index contributed by atoms with van der Waals surface area (Å²) in [6, 6.07) is 9.72. The van der Waals surface area contributed by atoms with Gasteiger partial charge in [-0.15, -0.1) is 0 Å². The zero-order valence-electron chi connectivity index (χ0n) is 26.3. The second-order valence-corrected chi connectivity index (χ2v) is 12.0. The normalized spacial score (nSPS) is 17.5. The number of nitrogens with zero attached hydrogens (tertiary/aromatic N) is 5. The van der Waals surface area contributed by atoms with Gasteiger partial charge in [-0.05, 0) is 49.1 Å². The lowest BCUT2D eigenvalue weighted by molar-refractivity contribution is -0.133. The zero-order valence-corrected chi connectivity index (χ0v) is 26.3. The van der Waals surface area contributed by atoms with Crippen LogP contribution in [-0.2, 0) is 16.1 Å². The first-order valence-corrected chi connectivity index (χ1v) is 15.7. The van der Waals surface area contributed by atoms with E-state index < -0.39 is 36.8 Å². The first-order chi connectivity index (χ1) is 23.9. The van der Waals surface area contributed by atoms with E-state index in [1.54, 1.807) is 0 Å². The van der Waals surface area contributed by atoms with Crippen LogP contribution in [0.2, 0.25) is 0 Å². The fourth-order valence-corrected chi connectivity index (χ4v) is 5.74. The van der Waals surface area contributed by atoms with Crippen LogP contribution in [0.5, 0.6) is 0 Å². The quantitative estimate of drug-likeness (QED) is 0.122. The van der Waals surface area contributed by atoms with E-state index in [1.807, 2.05) is 24.3 Å². The van der Waals surface area contributed by atoms with Crippen molar-refractivity contribution in [1.29, 1.82) is 0 Å². The van der Waals surface area contributed by atoms with E-state index in [4.69, 9.17) is 4.42 Å². The van der Waals surface area contributed by atoms with Crippen molar-refractivity contribution in [3.8, 4) is 11.5 Å². The molecule has 2 saturated heterocycles. The molecular formula is C32H32F5N9O4. The molecule has 1 unspecified atom stereocenters. The number of rotatable bonds is 11. The Morgan fingerprint density at radius 3 is 2.54 bits per heavy atom.